The van der Waals surface area contributed by atoms with Gasteiger partial charge in [-0.3, -0.25) is 10.1 Å². The van der Waals surface area contributed by atoms with Crippen LogP contribution in [-0.2, 0) is 12.8 Å². The van der Waals surface area contributed by atoms with Crippen molar-refractivity contribution in [3.8, 4) is 5.75 Å². The van der Waals surface area contributed by atoms with Gasteiger partial charge in [-0.15, -0.1) is 11.3 Å². The SMILES string of the molecule is COc1c(Cl)cc(C(=O)Nc2nc3c(s2)CCCC3)cc1Cl. The van der Waals surface area contributed by atoms with Crippen LogP contribution in [0.4, 0.5) is 5.13 Å². The first kappa shape index (κ1) is 15.6. The predicted molar refractivity (Wildman–Crippen MR) is 89.7 cm³/mol. The van der Waals surface area contributed by atoms with Crippen molar-refractivity contribution in [2.45, 2.75) is 25.7 Å². The molecule has 1 amide bonds. The van der Waals surface area contributed by atoms with Crippen molar-refractivity contribution in [2.75, 3.05) is 12.4 Å². The first-order valence-corrected chi connectivity index (χ1v) is 8.48. The quantitative estimate of drug-likeness (QED) is 0.874. The fourth-order valence-corrected chi connectivity index (χ4v) is 4.15. The third-order valence-corrected chi connectivity index (χ3v) is 5.17. The molecular formula is C15H14Cl2N2O2S. The number of fused-ring (bicyclic) bond motifs is 1. The van der Waals surface area contributed by atoms with E-state index < -0.39 is 0 Å². The molecule has 1 aliphatic carbocycles. The second-order valence-corrected chi connectivity index (χ2v) is 6.92. The summed E-state index contributed by atoms with van der Waals surface area (Å²) in [5.74, 6) is 0.0853. The van der Waals surface area contributed by atoms with Crippen LogP contribution in [0.1, 0.15) is 33.8 Å². The number of nitrogens with zero attached hydrogens (tertiary/aromatic N) is 1. The zero-order valence-corrected chi connectivity index (χ0v) is 14.2. The summed E-state index contributed by atoms with van der Waals surface area (Å²) in [4.78, 5) is 18.1. The van der Waals surface area contributed by atoms with Crippen LogP contribution in [0.15, 0.2) is 12.1 Å². The van der Waals surface area contributed by atoms with E-state index >= 15 is 0 Å². The summed E-state index contributed by atoms with van der Waals surface area (Å²) in [5.41, 5.74) is 1.49. The van der Waals surface area contributed by atoms with E-state index in [4.69, 9.17) is 27.9 Å². The lowest BCUT2D eigenvalue weighted by atomic mass is 10.0. The second kappa shape index (κ2) is 6.44. The lowest BCUT2D eigenvalue weighted by Gasteiger charge is -2.08. The van der Waals surface area contributed by atoms with Gasteiger partial charge < -0.3 is 4.74 Å². The van der Waals surface area contributed by atoms with Crippen molar-refractivity contribution in [3.05, 3.63) is 38.3 Å². The number of carbonyl (C=O) groups is 1. The number of rotatable bonds is 3. The van der Waals surface area contributed by atoms with Gasteiger partial charge in [0, 0.05) is 10.4 Å². The van der Waals surface area contributed by atoms with Crippen molar-refractivity contribution >= 4 is 45.6 Å². The first-order chi connectivity index (χ1) is 10.6. The van der Waals surface area contributed by atoms with E-state index in [2.05, 4.69) is 10.3 Å². The summed E-state index contributed by atoms with van der Waals surface area (Å²) in [6, 6.07) is 3.07. The van der Waals surface area contributed by atoms with Gasteiger partial charge in [0.25, 0.3) is 5.91 Å². The number of anilines is 1. The summed E-state index contributed by atoms with van der Waals surface area (Å²) < 4.78 is 5.08. The average molecular weight is 357 g/mol. The number of ether oxygens (including phenoxy) is 1. The standard InChI is InChI=1S/C15H14Cl2N2O2S/c1-21-13-9(16)6-8(7-10(13)17)14(20)19-15-18-11-4-2-3-5-12(11)22-15/h6-7H,2-5H2,1H3,(H,18,19,20). The summed E-state index contributed by atoms with van der Waals surface area (Å²) in [7, 11) is 1.48. The second-order valence-electron chi connectivity index (χ2n) is 5.02. The molecule has 4 nitrogen and oxygen atoms in total. The van der Waals surface area contributed by atoms with E-state index in [0.717, 1.165) is 25.0 Å². The minimum absolute atomic E-state index is 0.280. The fourth-order valence-electron chi connectivity index (χ4n) is 2.46. The Labute approximate surface area is 142 Å². The number of thiazole rings is 1. The minimum Gasteiger partial charge on any atom is -0.494 e. The largest absolute Gasteiger partial charge is 0.494 e. The monoisotopic (exact) mass is 356 g/mol. The highest BCUT2D eigenvalue weighted by Gasteiger charge is 2.18. The van der Waals surface area contributed by atoms with Crippen molar-refractivity contribution < 1.29 is 9.53 Å². The lowest BCUT2D eigenvalue weighted by Crippen LogP contribution is -2.12. The van der Waals surface area contributed by atoms with E-state index in [9.17, 15) is 4.79 Å². The van der Waals surface area contributed by atoms with E-state index in [1.54, 1.807) is 11.3 Å². The van der Waals surface area contributed by atoms with Crippen LogP contribution in [0.5, 0.6) is 5.75 Å². The Hall–Kier alpha value is -1.30. The Balaban J connectivity index is 1.81. The van der Waals surface area contributed by atoms with Gasteiger partial charge in [0.05, 0.1) is 22.8 Å². The van der Waals surface area contributed by atoms with Crippen LogP contribution in [0.3, 0.4) is 0 Å². The number of hydrogen-bond donors (Lipinski definition) is 1. The Morgan fingerprint density at radius 1 is 1.27 bits per heavy atom. The molecule has 1 aliphatic rings. The van der Waals surface area contributed by atoms with E-state index in [1.165, 1.54) is 30.5 Å². The number of benzene rings is 1. The van der Waals surface area contributed by atoms with E-state index in [1.807, 2.05) is 0 Å². The molecule has 0 spiro atoms. The molecule has 0 radical (unpaired) electrons. The highest BCUT2D eigenvalue weighted by Crippen LogP contribution is 2.34. The number of aryl methyl sites for hydroxylation is 2. The van der Waals surface area contributed by atoms with Crippen LogP contribution in [0.2, 0.25) is 10.0 Å². The van der Waals surface area contributed by atoms with Crippen molar-refractivity contribution in [3.63, 3.8) is 0 Å². The molecule has 0 fully saturated rings. The molecule has 116 valence electrons. The number of aromatic nitrogens is 1. The molecule has 1 heterocycles. The highest BCUT2D eigenvalue weighted by atomic mass is 35.5. The van der Waals surface area contributed by atoms with E-state index in [0.29, 0.717) is 26.5 Å². The molecule has 0 saturated carbocycles. The molecule has 2 aromatic rings. The summed E-state index contributed by atoms with van der Waals surface area (Å²) in [6.45, 7) is 0. The van der Waals surface area contributed by atoms with Crippen LogP contribution in [0.25, 0.3) is 0 Å². The zero-order chi connectivity index (χ0) is 15.7. The summed E-state index contributed by atoms with van der Waals surface area (Å²) in [6.07, 6.45) is 4.38. The van der Waals surface area contributed by atoms with Gasteiger partial charge in [-0.25, -0.2) is 4.98 Å². The molecule has 22 heavy (non-hydrogen) atoms. The molecular weight excluding hydrogens is 343 g/mol. The molecule has 0 saturated heterocycles. The number of amides is 1. The van der Waals surface area contributed by atoms with Gasteiger partial charge in [-0.05, 0) is 37.8 Å². The number of hydrogen-bond acceptors (Lipinski definition) is 4. The maximum absolute atomic E-state index is 12.3. The van der Waals surface area contributed by atoms with Crippen LogP contribution in [0, 0.1) is 0 Å². The topological polar surface area (TPSA) is 51.2 Å². The smallest absolute Gasteiger partial charge is 0.257 e. The molecule has 0 bridgehead atoms. The van der Waals surface area contributed by atoms with Crippen LogP contribution < -0.4 is 10.1 Å². The molecule has 0 unspecified atom stereocenters. The lowest BCUT2D eigenvalue weighted by molar-refractivity contribution is 0.102. The molecule has 1 aromatic carbocycles. The molecule has 1 aromatic heterocycles. The highest BCUT2D eigenvalue weighted by molar-refractivity contribution is 7.15. The maximum atomic E-state index is 12.3. The van der Waals surface area contributed by atoms with Gasteiger partial charge in [-0.2, -0.15) is 0 Å². The third kappa shape index (κ3) is 3.07. The molecule has 0 atom stereocenters. The maximum Gasteiger partial charge on any atom is 0.257 e. The van der Waals surface area contributed by atoms with Gasteiger partial charge in [-0.1, -0.05) is 23.2 Å². The number of nitrogens with one attached hydrogen (secondary N) is 1. The van der Waals surface area contributed by atoms with Crippen molar-refractivity contribution in [2.24, 2.45) is 0 Å². The van der Waals surface area contributed by atoms with Gasteiger partial charge >= 0.3 is 0 Å². The normalized spacial score (nSPS) is 13.6. The first-order valence-electron chi connectivity index (χ1n) is 6.91. The Bertz CT molecular complexity index is 684. The van der Waals surface area contributed by atoms with Gasteiger partial charge in [0.2, 0.25) is 0 Å². The van der Waals surface area contributed by atoms with Gasteiger partial charge in [0.1, 0.15) is 0 Å². The molecule has 7 heteroatoms. The zero-order valence-electron chi connectivity index (χ0n) is 11.9. The van der Waals surface area contributed by atoms with Crippen LogP contribution in [-0.4, -0.2) is 18.0 Å². The Kier molecular flexibility index (Phi) is 4.57. The average Bonchev–Trinajstić information content (AvgIpc) is 2.89. The van der Waals surface area contributed by atoms with E-state index in [-0.39, 0.29) is 5.91 Å². The number of methoxy groups -OCH3 is 1. The summed E-state index contributed by atoms with van der Waals surface area (Å²) in [5, 5.41) is 4.05. The molecule has 1 N–H and O–H groups in total. The van der Waals surface area contributed by atoms with Crippen molar-refractivity contribution in [1.29, 1.82) is 0 Å². The van der Waals surface area contributed by atoms with Crippen molar-refractivity contribution in [1.82, 2.24) is 4.98 Å². The van der Waals surface area contributed by atoms with Crippen LogP contribution >= 0.6 is 34.5 Å². The Morgan fingerprint density at radius 2 is 1.95 bits per heavy atom. The summed E-state index contributed by atoms with van der Waals surface area (Å²) >= 11 is 13.7. The third-order valence-electron chi connectivity index (χ3n) is 3.53. The minimum atomic E-state index is -0.280. The van der Waals surface area contributed by atoms with Gasteiger partial charge in [0.15, 0.2) is 10.9 Å². The predicted octanol–water partition coefficient (Wildman–Crippen LogP) is 4.59. The Morgan fingerprint density at radius 3 is 2.59 bits per heavy atom. The molecule has 0 aliphatic heterocycles. The number of carbonyl (C=O) groups excluding carboxylic acids is 1. The fraction of sp³-hybridized carbons (Fsp3) is 0.333. The number of halogens is 2. The molecule has 3 rings (SSSR count).